The van der Waals surface area contributed by atoms with Crippen LogP contribution in [-0.2, 0) is 0 Å². The largest absolute Gasteiger partial charge is 0.481 e. The monoisotopic (exact) mass is 178 g/mol. The number of methoxy groups -OCH3 is 1. The Morgan fingerprint density at radius 1 is 1.69 bits per heavy atom. The van der Waals surface area contributed by atoms with E-state index in [2.05, 4.69) is 16.9 Å². The van der Waals surface area contributed by atoms with Gasteiger partial charge in [-0.25, -0.2) is 4.98 Å². The molecule has 1 aromatic heterocycles. The van der Waals surface area contributed by atoms with Gasteiger partial charge in [-0.3, -0.25) is 0 Å². The van der Waals surface area contributed by atoms with Crippen molar-refractivity contribution in [3.63, 3.8) is 0 Å². The summed E-state index contributed by atoms with van der Waals surface area (Å²) in [5.41, 5.74) is 0.985. The highest BCUT2D eigenvalue weighted by molar-refractivity contribution is 5.46. The number of hydrogen-bond donors (Lipinski definition) is 1. The first-order chi connectivity index (χ1) is 6.26. The maximum atomic E-state index is 4.99. The molecule has 1 unspecified atom stereocenters. The van der Waals surface area contributed by atoms with Crippen molar-refractivity contribution in [2.45, 2.75) is 13.0 Å². The van der Waals surface area contributed by atoms with Crippen molar-refractivity contribution in [3.05, 3.63) is 31.0 Å². The minimum atomic E-state index is 0.243. The van der Waals surface area contributed by atoms with Gasteiger partial charge in [-0.2, -0.15) is 0 Å². The first-order valence-electron chi connectivity index (χ1n) is 4.15. The Bertz CT molecular complexity index is 286. The van der Waals surface area contributed by atoms with Crippen LogP contribution < -0.4 is 10.1 Å². The van der Waals surface area contributed by atoms with Crippen LogP contribution in [0.3, 0.4) is 0 Å². The number of hydrogen-bond acceptors (Lipinski definition) is 3. The summed E-state index contributed by atoms with van der Waals surface area (Å²) in [7, 11) is 1.60. The van der Waals surface area contributed by atoms with E-state index in [1.54, 1.807) is 13.3 Å². The topological polar surface area (TPSA) is 34.2 Å². The maximum Gasteiger partial charge on any atom is 0.214 e. The van der Waals surface area contributed by atoms with Gasteiger partial charge in [-0.05, 0) is 13.0 Å². The van der Waals surface area contributed by atoms with E-state index in [0.717, 1.165) is 5.69 Å². The van der Waals surface area contributed by atoms with Gasteiger partial charge in [-0.15, -0.1) is 6.58 Å². The van der Waals surface area contributed by atoms with Gasteiger partial charge < -0.3 is 10.1 Å². The van der Waals surface area contributed by atoms with Gasteiger partial charge in [0, 0.05) is 24.0 Å². The molecule has 0 aliphatic rings. The van der Waals surface area contributed by atoms with Crippen LogP contribution in [0.25, 0.3) is 0 Å². The summed E-state index contributed by atoms with van der Waals surface area (Å²) in [6, 6.07) is 3.98. The Labute approximate surface area is 78.4 Å². The van der Waals surface area contributed by atoms with Gasteiger partial charge in [0.1, 0.15) is 0 Å². The Kier molecular flexibility index (Phi) is 3.31. The van der Waals surface area contributed by atoms with Crippen LogP contribution in [0, 0.1) is 0 Å². The molecule has 3 heteroatoms. The van der Waals surface area contributed by atoms with Crippen molar-refractivity contribution < 1.29 is 4.74 Å². The lowest BCUT2D eigenvalue weighted by Crippen LogP contribution is -2.11. The van der Waals surface area contributed by atoms with E-state index in [0.29, 0.717) is 5.88 Å². The van der Waals surface area contributed by atoms with Crippen LogP contribution >= 0.6 is 0 Å². The number of anilines is 1. The van der Waals surface area contributed by atoms with Gasteiger partial charge >= 0.3 is 0 Å². The smallest absolute Gasteiger partial charge is 0.214 e. The zero-order valence-corrected chi connectivity index (χ0v) is 7.95. The zero-order valence-electron chi connectivity index (χ0n) is 7.95. The van der Waals surface area contributed by atoms with E-state index in [9.17, 15) is 0 Å². The second kappa shape index (κ2) is 4.50. The van der Waals surface area contributed by atoms with Crippen LogP contribution in [0.4, 0.5) is 5.69 Å². The normalized spacial score (nSPS) is 11.8. The van der Waals surface area contributed by atoms with E-state index in [4.69, 9.17) is 4.74 Å². The fourth-order valence-electron chi connectivity index (χ4n) is 0.933. The van der Waals surface area contributed by atoms with Gasteiger partial charge in [-0.1, -0.05) is 6.08 Å². The summed E-state index contributed by atoms with van der Waals surface area (Å²) in [6.45, 7) is 5.72. The number of nitrogens with one attached hydrogen (secondary N) is 1. The summed E-state index contributed by atoms with van der Waals surface area (Å²) < 4.78 is 4.99. The molecule has 13 heavy (non-hydrogen) atoms. The Morgan fingerprint density at radius 2 is 2.46 bits per heavy atom. The molecule has 1 N–H and O–H groups in total. The fourth-order valence-corrected chi connectivity index (χ4v) is 0.933. The fraction of sp³-hybridized carbons (Fsp3) is 0.300. The standard InChI is InChI=1S/C10H14N2O/c1-4-8(2)12-9-5-6-11-10(7-9)13-3/h4-8H,1H2,2-3H3,(H,11,12). The highest BCUT2D eigenvalue weighted by Crippen LogP contribution is 2.14. The van der Waals surface area contributed by atoms with Crippen molar-refractivity contribution in [2.24, 2.45) is 0 Å². The average molecular weight is 178 g/mol. The lowest BCUT2D eigenvalue weighted by atomic mass is 10.3. The van der Waals surface area contributed by atoms with Gasteiger partial charge in [0.15, 0.2) is 0 Å². The highest BCUT2D eigenvalue weighted by Gasteiger charge is 1.98. The van der Waals surface area contributed by atoms with Crippen LogP contribution in [0.5, 0.6) is 5.88 Å². The molecule has 1 aromatic rings. The third kappa shape index (κ3) is 2.78. The zero-order chi connectivity index (χ0) is 9.68. The molecular formula is C10H14N2O. The minimum Gasteiger partial charge on any atom is -0.481 e. The number of pyridine rings is 1. The summed E-state index contributed by atoms with van der Waals surface area (Å²) >= 11 is 0. The first kappa shape index (κ1) is 9.58. The highest BCUT2D eigenvalue weighted by atomic mass is 16.5. The minimum absolute atomic E-state index is 0.243. The van der Waals surface area contributed by atoms with Crippen molar-refractivity contribution >= 4 is 5.69 Å². The molecule has 0 bridgehead atoms. The quantitative estimate of drug-likeness (QED) is 0.717. The van der Waals surface area contributed by atoms with E-state index in [-0.39, 0.29) is 6.04 Å². The van der Waals surface area contributed by atoms with E-state index < -0.39 is 0 Å². The van der Waals surface area contributed by atoms with Gasteiger partial charge in [0.05, 0.1) is 7.11 Å². The van der Waals surface area contributed by atoms with Crippen molar-refractivity contribution in [1.82, 2.24) is 4.98 Å². The Balaban J connectivity index is 2.71. The summed E-state index contributed by atoms with van der Waals surface area (Å²) in [5.74, 6) is 0.612. The second-order valence-corrected chi connectivity index (χ2v) is 2.76. The average Bonchev–Trinajstić information content (AvgIpc) is 2.18. The Hall–Kier alpha value is -1.51. The van der Waals surface area contributed by atoms with Crippen molar-refractivity contribution in [3.8, 4) is 5.88 Å². The third-order valence-corrected chi connectivity index (χ3v) is 1.69. The van der Waals surface area contributed by atoms with Crippen LogP contribution in [0.15, 0.2) is 31.0 Å². The molecule has 0 amide bonds. The second-order valence-electron chi connectivity index (χ2n) is 2.76. The van der Waals surface area contributed by atoms with E-state index >= 15 is 0 Å². The number of ether oxygens (including phenoxy) is 1. The van der Waals surface area contributed by atoms with Crippen molar-refractivity contribution in [1.29, 1.82) is 0 Å². The summed E-state index contributed by atoms with van der Waals surface area (Å²) in [5, 5.41) is 3.23. The van der Waals surface area contributed by atoms with Crippen molar-refractivity contribution in [2.75, 3.05) is 12.4 Å². The predicted molar refractivity (Wildman–Crippen MR) is 54.1 cm³/mol. The molecule has 0 radical (unpaired) electrons. The van der Waals surface area contributed by atoms with E-state index in [1.807, 2.05) is 25.1 Å². The molecule has 3 nitrogen and oxygen atoms in total. The SMILES string of the molecule is C=CC(C)Nc1ccnc(OC)c1. The molecule has 70 valence electrons. The predicted octanol–water partition coefficient (Wildman–Crippen LogP) is 2.08. The molecule has 0 aliphatic heterocycles. The van der Waals surface area contributed by atoms with Gasteiger partial charge in [0.25, 0.3) is 0 Å². The molecule has 0 spiro atoms. The third-order valence-electron chi connectivity index (χ3n) is 1.69. The molecule has 0 aromatic carbocycles. The Morgan fingerprint density at radius 3 is 3.08 bits per heavy atom. The number of rotatable bonds is 4. The molecule has 1 heterocycles. The number of nitrogens with zero attached hydrogens (tertiary/aromatic N) is 1. The molecule has 0 fully saturated rings. The lowest BCUT2D eigenvalue weighted by molar-refractivity contribution is 0.398. The van der Waals surface area contributed by atoms with Crippen LogP contribution in [0.1, 0.15) is 6.92 Å². The maximum absolute atomic E-state index is 4.99. The lowest BCUT2D eigenvalue weighted by Gasteiger charge is -2.10. The first-order valence-corrected chi connectivity index (χ1v) is 4.15. The van der Waals surface area contributed by atoms with Gasteiger partial charge in [0.2, 0.25) is 5.88 Å². The van der Waals surface area contributed by atoms with Crippen LogP contribution in [-0.4, -0.2) is 18.1 Å². The molecule has 0 aliphatic carbocycles. The molecular weight excluding hydrogens is 164 g/mol. The van der Waals surface area contributed by atoms with Crippen LogP contribution in [0.2, 0.25) is 0 Å². The molecule has 0 saturated carbocycles. The molecule has 1 rings (SSSR count). The molecule has 0 saturated heterocycles. The summed E-state index contributed by atoms with van der Waals surface area (Å²) in [4.78, 5) is 4.00. The van der Waals surface area contributed by atoms with E-state index in [1.165, 1.54) is 0 Å². The summed E-state index contributed by atoms with van der Waals surface area (Å²) in [6.07, 6.45) is 3.55. The number of aromatic nitrogens is 1. The molecule has 1 atom stereocenters.